The molecule has 2 aliphatic rings. The normalized spacial score (nSPS) is 36.7. The number of hydrogen-bond acceptors (Lipinski definition) is 3. The molecule has 4 nitrogen and oxygen atoms in total. The van der Waals surface area contributed by atoms with Crippen molar-refractivity contribution in [2.24, 2.45) is 0 Å². The van der Waals surface area contributed by atoms with Crippen molar-refractivity contribution in [2.75, 3.05) is 13.2 Å². The summed E-state index contributed by atoms with van der Waals surface area (Å²) < 4.78 is 5.74. The van der Waals surface area contributed by atoms with Gasteiger partial charge in [0.15, 0.2) is 0 Å². The quantitative estimate of drug-likeness (QED) is 0.840. The summed E-state index contributed by atoms with van der Waals surface area (Å²) >= 11 is 0. The van der Waals surface area contributed by atoms with Crippen LogP contribution in [-0.4, -0.2) is 46.3 Å². The molecule has 0 spiro atoms. The highest BCUT2D eigenvalue weighted by atomic mass is 16.5. The van der Waals surface area contributed by atoms with Crippen LogP contribution in [0.25, 0.3) is 0 Å². The van der Waals surface area contributed by atoms with Crippen LogP contribution in [0.1, 0.15) is 52.9 Å². The number of hydrogen-bond donors (Lipinski definition) is 1. The van der Waals surface area contributed by atoms with Crippen molar-refractivity contribution in [3.05, 3.63) is 0 Å². The Morgan fingerprint density at radius 1 is 1.50 bits per heavy atom. The Hall–Kier alpha value is -0.610. The maximum atomic E-state index is 11.7. The lowest BCUT2D eigenvalue weighted by atomic mass is 9.87. The van der Waals surface area contributed by atoms with Gasteiger partial charge in [-0.25, -0.2) is 0 Å². The van der Waals surface area contributed by atoms with Gasteiger partial charge in [-0.05, 0) is 52.5 Å². The standard InChI is InChI=1S/C14H25NO3/c1-4-14(12(16)17)7-5-8-15(14)11-6-9-18-13(2,3)10-11/h11H,4-10H2,1-3H3,(H,16,17). The molecule has 4 heteroatoms. The molecule has 0 aromatic heterocycles. The molecule has 2 saturated heterocycles. The van der Waals surface area contributed by atoms with E-state index in [9.17, 15) is 9.90 Å². The van der Waals surface area contributed by atoms with Crippen molar-refractivity contribution in [1.82, 2.24) is 4.90 Å². The molecule has 0 saturated carbocycles. The second-order valence-corrected chi connectivity index (χ2v) is 6.24. The van der Waals surface area contributed by atoms with Gasteiger partial charge in [0.2, 0.25) is 0 Å². The van der Waals surface area contributed by atoms with Gasteiger partial charge in [-0.3, -0.25) is 9.69 Å². The molecule has 2 rings (SSSR count). The first-order valence-corrected chi connectivity index (χ1v) is 7.05. The highest BCUT2D eigenvalue weighted by Gasteiger charge is 2.50. The Labute approximate surface area is 109 Å². The maximum Gasteiger partial charge on any atom is 0.324 e. The van der Waals surface area contributed by atoms with Crippen molar-refractivity contribution < 1.29 is 14.6 Å². The van der Waals surface area contributed by atoms with Gasteiger partial charge in [-0.2, -0.15) is 0 Å². The molecule has 1 N–H and O–H groups in total. The molecule has 2 fully saturated rings. The van der Waals surface area contributed by atoms with Gasteiger partial charge in [0.1, 0.15) is 5.54 Å². The summed E-state index contributed by atoms with van der Waals surface area (Å²) in [6.45, 7) is 7.86. The van der Waals surface area contributed by atoms with E-state index in [4.69, 9.17) is 4.74 Å². The second kappa shape index (κ2) is 4.82. The average molecular weight is 255 g/mol. The summed E-state index contributed by atoms with van der Waals surface area (Å²) in [5.41, 5.74) is -0.748. The van der Waals surface area contributed by atoms with E-state index in [1.54, 1.807) is 0 Å². The SMILES string of the molecule is CCC1(C(=O)O)CCCN1C1CCOC(C)(C)C1. The zero-order valence-corrected chi connectivity index (χ0v) is 11.7. The lowest BCUT2D eigenvalue weighted by Gasteiger charge is -2.45. The number of carboxylic acid groups (broad SMARTS) is 1. The minimum Gasteiger partial charge on any atom is -0.480 e. The zero-order valence-electron chi connectivity index (χ0n) is 11.7. The maximum absolute atomic E-state index is 11.7. The van der Waals surface area contributed by atoms with Crippen molar-refractivity contribution in [3.8, 4) is 0 Å². The van der Waals surface area contributed by atoms with Crippen molar-refractivity contribution in [1.29, 1.82) is 0 Å². The van der Waals surface area contributed by atoms with E-state index in [2.05, 4.69) is 18.7 Å². The number of nitrogens with zero attached hydrogens (tertiary/aromatic N) is 1. The number of carboxylic acids is 1. The Bertz CT molecular complexity index is 329. The smallest absolute Gasteiger partial charge is 0.324 e. The molecule has 0 aliphatic carbocycles. The molecular formula is C14H25NO3. The second-order valence-electron chi connectivity index (χ2n) is 6.24. The van der Waals surface area contributed by atoms with Gasteiger partial charge in [-0.15, -0.1) is 0 Å². The Balaban J connectivity index is 2.18. The zero-order chi connectivity index (χ0) is 13.4. The van der Waals surface area contributed by atoms with Crippen LogP contribution in [0.4, 0.5) is 0 Å². The minimum atomic E-state index is -0.646. The summed E-state index contributed by atoms with van der Waals surface area (Å²) in [6.07, 6.45) is 4.37. The summed E-state index contributed by atoms with van der Waals surface area (Å²) in [5, 5.41) is 9.62. The van der Waals surface area contributed by atoms with Gasteiger partial charge in [0.05, 0.1) is 5.60 Å². The Morgan fingerprint density at radius 2 is 2.22 bits per heavy atom. The van der Waals surface area contributed by atoms with Crippen LogP contribution in [0, 0.1) is 0 Å². The fourth-order valence-corrected chi connectivity index (χ4v) is 3.66. The molecule has 2 aliphatic heterocycles. The van der Waals surface area contributed by atoms with Crippen LogP contribution < -0.4 is 0 Å². The van der Waals surface area contributed by atoms with Gasteiger partial charge in [-0.1, -0.05) is 6.92 Å². The number of ether oxygens (including phenoxy) is 1. The fourth-order valence-electron chi connectivity index (χ4n) is 3.66. The number of carbonyl (C=O) groups is 1. The molecule has 18 heavy (non-hydrogen) atoms. The van der Waals surface area contributed by atoms with Crippen molar-refractivity contribution in [3.63, 3.8) is 0 Å². The summed E-state index contributed by atoms with van der Waals surface area (Å²) in [4.78, 5) is 13.9. The Kier molecular flexibility index (Phi) is 3.70. The van der Waals surface area contributed by atoms with Crippen LogP contribution >= 0.6 is 0 Å². The molecule has 2 heterocycles. The highest BCUT2D eigenvalue weighted by molar-refractivity contribution is 5.79. The lowest BCUT2D eigenvalue weighted by Crippen LogP contribution is -2.57. The van der Waals surface area contributed by atoms with E-state index >= 15 is 0 Å². The van der Waals surface area contributed by atoms with E-state index in [-0.39, 0.29) is 5.60 Å². The van der Waals surface area contributed by atoms with Crippen LogP contribution in [0.2, 0.25) is 0 Å². The third kappa shape index (κ3) is 2.28. The lowest BCUT2D eigenvalue weighted by molar-refractivity contribution is -0.156. The molecule has 0 aromatic rings. The van der Waals surface area contributed by atoms with E-state index in [1.807, 2.05) is 6.92 Å². The van der Waals surface area contributed by atoms with Gasteiger partial charge >= 0.3 is 5.97 Å². The Morgan fingerprint density at radius 3 is 2.78 bits per heavy atom. The number of likely N-dealkylation sites (tertiary alicyclic amines) is 1. The first kappa shape index (κ1) is 13.8. The first-order valence-electron chi connectivity index (χ1n) is 7.05. The minimum absolute atomic E-state index is 0.122. The van der Waals surface area contributed by atoms with Gasteiger partial charge in [0, 0.05) is 12.6 Å². The fraction of sp³-hybridized carbons (Fsp3) is 0.929. The van der Waals surface area contributed by atoms with Crippen LogP contribution in [0.5, 0.6) is 0 Å². The molecule has 0 radical (unpaired) electrons. The topological polar surface area (TPSA) is 49.8 Å². The predicted molar refractivity (Wildman–Crippen MR) is 69.7 cm³/mol. The first-order chi connectivity index (χ1) is 8.41. The molecule has 0 aromatic carbocycles. The van der Waals surface area contributed by atoms with Gasteiger partial charge < -0.3 is 9.84 Å². The summed E-state index contributed by atoms with van der Waals surface area (Å²) in [7, 11) is 0. The van der Waals surface area contributed by atoms with Crippen molar-refractivity contribution in [2.45, 2.75) is 70.1 Å². The van der Waals surface area contributed by atoms with Crippen LogP contribution in [-0.2, 0) is 9.53 Å². The molecule has 2 unspecified atom stereocenters. The van der Waals surface area contributed by atoms with Crippen LogP contribution in [0.15, 0.2) is 0 Å². The van der Waals surface area contributed by atoms with E-state index < -0.39 is 11.5 Å². The monoisotopic (exact) mass is 255 g/mol. The third-order valence-corrected chi connectivity index (χ3v) is 4.63. The van der Waals surface area contributed by atoms with E-state index in [1.165, 1.54) is 0 Å². The summed E-state index contributed by atoms with van der Waals surface area (Å²) in [6, 6.07) is 0.354. The molecule has 0 amide bonds. The number of rotatable bonds is 3. The summed E-state index contributed by atoms with van der Waals surface area (Å²) in [5.74, 6) is -0.646. The predicted octanol–water partition coefficient (Wildman–Crippen LogP) is 2.27. The molecule has 2 atom stereocenters. The largest absolute Gasteiger partial charge is 0.480 e. The van der Waals surface area contributed by atoms with Crippen LogP contribution in [0.3, 0.4) is 0 Å². The number of aliphatic carboxylic acids is 1. The third-order valence-electron chi connectivity index (χ3n) is 4.63. The van der Waals surface area contributed by atoms with Crippen molar-refractivity contribution >= 4 is 5.97 Å². The average Bonchev–Trinajstić information content (AvgIpc) is 2.72. The molecule has 104 valence electrons. The molecular weight excluding hydrogens is 230 g/mol. The van der Waals surface area contributed by atoms with E-state index in [0.29, 0.717) is 12.5 Å². The molecule has 0 bridgehead atoms. The van der Waals surface area contributed by atoms with Gasteiger partial charge in [0.25, 0.3) is 0 Å². The highest BCUT2D eigenvalue weighted by Crippen LogP contribution is 2.39. The van der Waals surface area contributed by atoms with E-state index in [0.717, 1.165) is 38.8 Å².